The Hall–Kier alpha value is -0.890. The van der Waals surface area contributed by atoms with Gasteiger partial charge in [-0.15, -0.1) is 0 Å². The van der Waals surface area contributed by atoms with Gasteiger partial charge in [0.2, 0.25) is 5.91 Å². The molecule has 0 aliphatic carbocycles. The maximum atomic E-state index is 13.0. The monoisotopic (exact) mass is 748 g/mol. The third-order valence-corrected chi connectivity index (χ3v) is 10.7. The molecule has 9 atom stereocenters. The molecule has 9 unspecified atom stereocenters. The van der Waals surface area contributed by atoms with Gasteiger partial charge in [-0.25, -0.2) is 0 Å². The van der Waals surface area contributed by atoms with Crippen molar-refractivity contribution in [1.29, 1.82) is 0 Å². The summed E-state index contributed by atoms with van der Waals surface area (Å²) in [7, 11) is 0. The van der Waals surface area contributed by atoms with Crippen LogP contribution in [0.15, 0.2) is 0 Å². The van der Waals surface area contributed by atoms with Gasteiger partial charge in [-0.1, -0.05) is 174 Å². The van der Waals surface area contributed by atoms with Crippen LogP contribution in [0.1, 0.15) is 187 Å². The van der Waals surface area contributed by atoms with Gasteiger partial charge in [0.25, 0.3) is 0 Å². The Morgan fingerprint density at radius 3 is 1.42 bits per heavy atom. The predicted octanol–water partition coefficient (Wildman–Crippen LogP) is 5.94. The molecule has 1 aliphatic heterocycles. The molecule has 0 radical (unpaired) electrons. The van der Waals surface area contributed by atoms with Crippen LogP contribution in [0.4, 0.5) is 0 Å². The first-order valence-corrected chi connectivity index (χ1v) is 21.4. The molecule has 0 aromatic carbocycles. The van der Waals surface area contributed by atoms with E-state index in [4.69, 9.17) is 9.47 Å². The maximum Gasteiger partial charge on any atom is 0.249 e. The normalized spacial score (nSPS) is 23.0. The average molecular weight is 748 g/mol. The molecule has 1 aliphatic rings. The molecule has 310 valence electrons. The fourth-order valence-corrected chi connectivity index (χ4v) is 7.03. The van der Waals surface area contributed by atoms with Crippen LogP contribution < -0.4 is 5.32 Å². The Bertz CT molecular complexity index is 820. The van der Waals surface area contributed by atoms with E-state index < -0.39 is 74.2 Å². The van der Waals surface area contributed by atoms with Gasteiger partial charge < -0.3 is 50.5 Å². The summed E-state index contributed by atoms with van der Waals surface area (Å²) in [6.45, 7) is 3.41. The molecular weight excluding hydrogens is 666 g/mol. The second-order valence-electron chi connectivity index (χ2n) is 15.4. The summed E-state index contributed by atoms with van der Waals surface area (Å²) in [4.78, 5) is 13.0. The number of hydrogen-bond acceptors (Lipinski definition) is 10. The second-order valence-corrected chi connectivity index (χ2v) is 15.4. The smallest absolute Gasteiger partial charge is 0.249 e. The molecular formula is C41H81NO10. The van der Waals surface area contributed by atoms with E-state index in [2.05, 4.69) is 19.2 Å². The van der Waals surface area contributed by atoms with E-state index in [1.807, 2.05) is 0 Å². The highest BCUT2D eigenvalue weighted by atomic mass is 16.7. The van der Waals surface area contributed by atoms with Crippen molar-refractivity contribution in [2.24, 2.45) is 0 Å². The van der Waals surface area contributed by atoms with Crippen molar-refractivity contribution in [2.45, 2.75) is 242 Å². The number of nitrogens with one attached hydrogen (secondary N) is 1. The highest BCUT2D eigenvalue weighted by Crippen LogP contribution is 2.23. The molecule has 52 heavy (non-hydrogen) atoms. The highest BCUT2D eigenvalue weighted by molar-refractivity contribution is 5.80. The minimum absolute atomic E-state index is 0.265. The lowest BCUT2D eigenvalue weighted by atomic mass is 9.98. The van der Waals surface area contributed by atoms with E-state index in [1.54, 1.807) is 0 Å². The van der Waals surface area contributed by atoms with E-state index in [0.29, 0.717) is 19.3 Å². The summed E-state index contributed by atoms with van der Waals surface area (Å²) in [5, 5.41) is 75.4. The molecule has 11 nitrogen and oxygen atoms in total. The lowest BCUT2D eigenvalue weighted by Gasteiger charge is -2.40. The zero-order valence-corrected chi connectivity index (χ0v) is 33.1. The van der Waals surface area contributed by atoms with Gasteiger partial charge in [0, 0.05) is 0 Å². The third-order valence-electron chi connectivity index (χ3n) is 10.7. The van der Waals surface area contributed by atoms with Crippen LogP contribution >= 0.6 is 0 Å². The molecule has 1 fully saturated rings. The van der Waals surface area contributed by atoms with Crippen LogP contribution in [0.25, 0.3) is 0 Å². The van der Waals surface area contributed by atoms with E-state index in [-0.39, 0.29) is 6.42 Å². The number of hydrogen-bond donors (Lipinski definition) is 8. The quantitative estimate of drug-likeness (QED) is 0.0360. The predicted molar refractivity (Wildman–Crippen MR) is 206 cm³/mol. The van der Waals surface area contributed by atoms with Crippen molar-refractivity contribution in [3.8, 4) is 0 Å². The van der Waals surface area contributed by atoms with Crippen molar-refractivity contribution in [2.75, 3.05) is 13.2 Å². The van der Waals surface area contributed by atoms with Crippen LogP contribution in [-0.4, -0.2) is 110 Å². The summed E-state index contributed by atoms with van der Waals surface area (Å²) in [6, 6.07) is -1.16. The number of aliphatic hydroxyl groups excluding tert-OH is 7. The van der Waals surface area contributed by atoms with Gasteiger partial charge in [0.15, 0.2) is 6.29 Å². The van der Waals surface area contributed by atoms with Crippen LogP contribution in [-0.2, 0) is 14.3 Å². The van der Waals surface area contributed by atoms with Crippen molar-refractivity contribution in [1.82, 2.24) is 5.32 Å². The number of amides is 1. The molecule has 1 rings (SSSR count). The van der Waals surface area contributed by atoms with E-state index in [1.165, 1.54) is 109 Å². The van der Waals surface area contributed by atoms with Gasteiger partial charge >= 0.3 is 0 Å². The Morgan fingerprint density at radius 1 is 0.596 bits per heavy atom. The molecule has 0 aromatic heterocycles. The molecule has 1 heterocycles. The minimum Gasteiger partial charge on any atom is -0.394 e. The fourth-order valence-electron chi connectivity index (χ4n) is 7.03. The summed E-state index contributed by atoms with van der Waals surface area (Å²) in [5.74, 6) is -0.697. The second kappa shape index (κ2) is 32.4. The summed E-state index contributed by atoms with van der Waals surface area (Å²) < 4.78 is 11.1. The van der Waals surface area contributed by atoms with E-state index >= 15 is 0 Å². The lowest BCUT2D eigenvalue weighted by molar-refractivity contribution is -0.303. The average Bonchev–Trinajstić information content (AvgIpc) is 3.14. The van der Waals surface area contributed by atoms with Gasteiger partial charge in [0.05, 0.1) is 25.4 Å². The molecule has 0 spiro atoms. The van der Waals surface area contributed by atoms with Crippen molar-refractivity contribution >= 4 is 5.91 Å². The molecule has 0 saturated carbocycles. The first-order chi connectivity index (χ1) is 25.2. The molecule has 8 N–H and O–H groups in total. The summed E-state index contributed by atoms with van der Waals surface area (Å²) in [5.41, 5.74) is 0. The van der Waals surface area contributed by atoms with E-state index in [9.17, 15) is 40.5 Å². The largest absolute Gasteiger partial charge is 0.394 e. The molecule has 0 aromatic rings. The van der Waals surface area contributed by atoms with E-state index in [0.717, 1.165) is 38.5 Å². The summed E-state index contributed by atoms with van der Waals surface area (Å²) in [6.07, 6.45) is 18.7. The van der Waals surface area contributed by atoms with Crippen LogP contribution in [0.5, 0.6) is 0 Å². The van der Waals surface area contributed by atoms with Crippen molar-refractivity contribution < 1.29 is 50.0 Å². The number of carbonyl (C=O) groups excluding carboxylic acids is 1. The van der Waals surface area contributed by atoms with Crippen molar-refractivity contribution in [3.05, 3.63) is 0 Å². The lowest BCUT2D eigenvalue weighted by Crippen LogP contribution is -2.60. The van der Waals surface area contributed by atoms with Crippen LogP contribution in [0.2, 0.25) is 0 Å². The standard InChI is InChI=1S/C41H81NO10/c1-3-5-7-9-11-13-15-16-17-19-20-22-24-26-28-33(44)36(46)32(31-51-41-39(49)38(48)37(47)35(30-43)52-41)42-40(50)34(45)29-27-25-23-21-18-14-12-10-8-6-4-2/h32-39,41,43-49H,3-31H2,1-2H3,(H,42,50). The number of rotatable bonds is 35. The highest BCUT2D eigenvalue weighted by Gasteiger charge is 2.44. The Balaban J connectivity index is 2.51. The first kappa shape index (κ1) is 49.1. The van der Waals surface area contributed by atoms with Gasteiger partial charge in [-0.3, -0.25) is 4.79 Å². The third kappa shape index (κ3) is 22.5. The Morgan fingerprint density at radius 2 is 1.00 bits per heavy atom. The van der Waals surface area contributed by atoms with Gasteiger partial charge in [0.1, 0.15) is 36.6 Å². The number of aliphatic hydroxyl groups is 7. The maximum absolute atomic E-state index is 13.0. The number of ether oxygens (including phenoxy) is 2. The number of unbranched alkanes of at least 4 members (excludes halogenated alkanes) is 23. The zero-order chi connectivity index (χ0) is 38.4. The molecule has 1 amide bonds. The first-order valence-electron chi connectivity index (χ1n) is 21.4. The SMILES string of the molecule is CCCCCCCCCCCCCCCCC(O)C(O)C(COC1OC(CO)C(O)C(O)C1O)NC(=O)C(O)CCCCCCCCCCCCC. The topological polar surface area (TPSA) is 189 Å². The fraction of sp³-hybridized carbons (Fsp3) is 0.976. The van der Waals surface area contributed by atoms with Gasteiger partial charge in [-0.05, 0) is 12.8 Å². The van der Waals surface area contributed by atoms with Crippen LogP contribution in [0.3, 0.4) is 0 Å². The Kier molecular flexibility index (Phi) is 30.6. The van der Waals surface area contributed by atoms with Gasteiger partial charge in [-0.2, -0.15) is 0 Å². The zero-order valence-electron chi connectivity index (χ0n) is 33.1. The molecule has 1 saturated heterocycles. The Labute approximate surface area is 316 Å². The summed E-state index contributed by atoms with van der Waals surface area (Å²) >= 11 is 0. The minimum atomic E-state index is -1.65. The van der Waals surface area contributed by atoms with Crippen molar-refractivity contribution in [3.63, 3.8) is 0 Å². The molecule has 11 heteroatoms. The number of carbonyl (C=O) groups is 1. The van der Waals surface area contributed by atoms with Crippen LogP contribution in [0, 0.1) is 0 Å². The molecule has 0 bridgehead atoms.